The average molecular weight is 427 g/mol. The van der Waals surface area contributed by atoms with E-state index in [9.17, 15) is 9.90 Å². The summed E-state index contributed by atoms with van der Waals surface area (Å²) in [6.07, 6.45) is 3.26. The Kier molecular flexibility index (Phi) is 6.19. The summed E-state index contributed by atoms with van der Waals surface area (Å²) < 4.78 is 0. The summed E-state index contributed by atoms with van der Waals surface area (Å²) in [6.45, 7) is 6.71. The van der Waals surface area contributed by atoms with Gasteiger partial charge in [-0.3, -0.25) is 4.79 Å². The molecule has 1 fully saturated rings. The van der Waals surface area contributed by atoms with E-state index in [4.69, 9.17) is 11.6 Å². The van der Waals surface area contributed by atoms with Gasteiger partial charge in [-0.05, 0) is 55.0 Å². The number of rotatable bonds is 5. The molecular weight excluding hydrogens is 396 g/mol. The highest BCUT2D eigenvalue weighted by molar-refractivity contribution is 6.31. The van der Waals surface area contributed by atoms with E-state index < -0.39 is 6.10 Å². The molecule has 5 heteroatoms. The predicted octanol–water partition coefficient (Wildman–Crippen LogP) is 4.95. The van der Waals surface area contributed by atoms with Crippen LogP contribution in [0.4, 0.5) is 5.69 Å². The van der Waals surface area contributed by atoms with Crippen molar-refractivity contribution in [2.45, 2.75) is 51.0 Å². The summed E-state index contributed by atoms with van der Waals surface area (Å²) in [4.78, 5) is 14.4. The molecule has 2 aliphatic rings. The summed E-state index contributed by atoms with van der Waals surface area (Å²) in [6, 6.07) is 14.4. The van der Waals surface area contributed by atoms with Gasteiger partial charge in [0.2, 0.25) is 5.91 Å². The topological polar surface area (TPSA) is 52.6 Å². The fourth-order valence-corrected chi connectivity index (χ4v) is 5.26. The van der Waals surface area contributed by atoms with Gasteiger partial charge in [0.05, 0.1) is 6.10 Å². The number of nitrogens with zero attached hydrogens (tertiary/aromatic N) is 1. The summed E-state index contributed by atoms with van der Waals surface area (Å²) in [5.41, 5.74) is 3.67. The molecule has 2 N–H and O–H groups in total. The molecule has 1 amide bonds. The molecule has 2 heterocycles. The van der Waals surface area contributed by atoms with E-state index in [-0.39, 0.29) is 11.3 Å². The molecule has 0 radical (unpaired) electrons. The molecule has 0 aromatic heterocycles. The number of amides is 1. The maximum absolute atomic E-state index is 12.0. The Morgan fingerprint density at radius 1 is 1.27 bits per heavy atom. The third kappa shape index (κ3) is 4.72. The predicted molar refractivity (Wildman–Crippen MR) is 122 cm³/mol. The van der Waals surface area contributed by atoms with E-state index >= 15 is 0 Å². The van der Waals surface area contributed by atoms with Crippen LogP contribution < -0.4 is 5.32 Å². The van der Waals surface area contributed by atoms with Crippen LogP contribution in [-0.2, 0) is 16.6 Å². The second-order valence-electron chi connectivity index (χ2n) is 9.50. The summed E-state index contributed by atoms with van der Waals surface area (Å²) in [7, 11) is 0. The number of nitrogens with one attached hydrogen (secondary N) is 1. The van der Waals surface area contributed by atoms with E-state index in [1.807, 2.05) is 6.07 Å². The van der Waals surface area contributed by atoms with Gasteiger partial charge in [0, 0.05) is 41.2 Å². The van der Waals surface area contributed by atoms with Crippen molar-refractivity contribution in [2.75, 3.05) is 25.0 Å². The number of aliphatic hydroxyl groups is 1. The van der Waals surface area contributed by atoms with Crippen molar-refractivity contribution < 1.29 is 9.90 Å². The molecule has 1 unspecified atom stereocenters. The number of anilines is 1. The number of likely N-dealkylation sites (tertiary alicyclic amines) is 1. The highest BCUT2D eigenvalue weighted by Crippen LogP contribution is 2.41. The first-order valence-electron chi connectivity index (χ1n) is 10.9. The van der Waals surface area contributed by atoms with Crippen LogP contribution in [0.1, 0.15) is 55.9 Å². The van der Waals surface area contributed by atoms with Crippen molar-refractivity contribution in [3.63, 3.8) is 0 Å². The van der Waals surface area contributed by atoms with Crippen molar-refractivity contribution in [3.8, 4) is 0 Å². The zero-order valence-corrected chi connectivity index (χ0v) is 18.6. The highest BCUT2D eigenvalue weighted by Gasteiger charge is 2.33. The lowest BCUT2D eigenvalue weighted by atomic mass is 9.77. The number of β-amino-alcohol motifs (C(OH)–C–C–N with tert-alkyl or cyclic N) is 1. The molecule has 2 aromatic carbocycles. The smallest absolute Gasteiger partial charge is 0.225 e. The van der Waals surface area contributed by atoms with Gasteiger partial charge in [-0.15, -0.1) is 0 Å². The third-order valence-corrected chi connectivity index (χ3v) is 6.83. The third-order valence-electron chi connectivity index (χ3n) is 6.50. The van der Waals surface area contributed by atoms with Gasteiger partial charge in [0.1, 0.15) is 0 Å². The van der Waals surface area contributed by atoms with Crippen LogP contribution in [0.2, 0.25) is 5.02 Å². The summed E-state index contributed by atoms with van der Waals surface area (Å²) in [5.74, 6) is 0.621. The molecule has 4 rings (SSSR count). The van der Waals surface area contributed by atoms with Crippen molar-refractivity contribution >= 4 is 23.2 Å². The van der Waals surface area contributed by atoms with E-state index in [2.05, 4.69) is 54.4 Å². The molecule has 2 aliphatic heterocycles. The number of aliphatic hydroxyl groups excluding tert-OH is 1. The maximum Gasteiger partial charge on any atom is 0.225 e. The van der Waals surface area contributed by atoms with Gasteiger partial charge in [-0.25, -0.2) is 0 Å². The number of halogens is 1. The second kappa shape index (κ2) is 8.70. The minimum atomic E-state index is -0.647. The van der Waals surface area contributed by atoms with Crippen molar-refractivity contribution in [1.29, 1.82) is 0 Å². The molecule has 0 aliphatic carbocycles. The Labute approximate surface area is 184 Å². The van der Waals surface area contributed by atoms with Crippen LogP contribution in [0.25, 0.3) is 0 Å². The van der Waals surface area contributed by atoms with Crippen LogP contribution in [0.5, 0.6) is 0 Å². The van der Waals surface area contributed by atoms with Gasteiger partial charge in [-0.2, -0.15) is 0 Å². The Hall–Kier alpha value is -1.88. The fraction of sp³-hybridized carbons (Fsp3) is 0.480. The van der Waals surface area contributed by atoms with E-state index in [1.54, 1.807) is 6.07 Å². The number of hydrogen-bond acceptors (Lipinski definition) is 3. The monoisotopic (exact) mass is 426 g/mol. The molecule has 2 atom stereocenters. The Balaban J connectivity index is 1.46. The molecule has 2 aromatic rings. The molecule has 1 saturated heterocycles. The Bertz CT molecular complexity index is 913. The number of benzene rings is 2. The lowest BCUT2D eigenvalue weighted by Gasteiger charge is -2.35. The quantitative estimate of drug-likeness (QED) is 0.711. The summed E-state index contributed by atoms with van der Waals surface area (Å²) in [5, 5.41) is 14.5. The molecule has 4 nitrogen and oxygen atoms in total. The Morgan fingerprint density at radius 2 is 2.03 bits per heavy atom. The van der Waals surface area contributed by atoms with E-state index in [0.717, 1.165) is 42.7 Å². The van der Waals surface area contributed by atoms with Gasteiger partial charge in [0.15, 0.2) is 0 Å². The number of piperidine rings is 1. The fourth-order valence-electron chi connectivity index (χ4n) is 4.97. The standard InChI is InChI=1S/C25H31ClN2O2/c1-25(2)14-24(30)27-22-13-21(26)19(12-20(22)25)23(29)16-28-10-6-9-18(15-28)11-17-7-4-3-5-8-17/h3-5,7-8,12-13,18,23,29H,6,9-11,14-16H2,1-2H3,(H,27,30)/t18-,23?/m0/s1. The number of fused-ring (bicyclic) bond motifs is 1. The zero-order valence-electron chi connectivity index (χ0n) is 17.8. The minimum Gasteiger partial charge on any atom is -0.387 e. The molecular formula is C25H31ClN2O2. The minimum absolute atomic E-state index is 0.00893. The average Bonchev–Trinajstić information content (AvgIpc) is 2.67. The van der Waals surface area contributed by atoms with Crippen LogP contribution in [0, 0.1) is 5.92 Å². The van der Waals surface area contributed by atoms with E-state index in [0.29, 0.717) is 23.9 Å². The Morgan fingerprint density at radius 3 is 2.80 bits per heavy atom. The van der Waals surface area contributed by atoms with Crippen LogP contribution >= 0.6 is 11.6 Å². The molecule has 160 valence electrons. The van der Waals surface area contributed by atoms with Crippen LogP contribution in [-0.4, -0.2) is 35.5 Å². The number of carbonyl (C=O) groups excluding carboxylic acids is 1. The van der Waals surface area contributed by atoms with E-state index in [1.165, 1.54) is 12.0 Å². The zero-order chi connectivity index (χ0) is 21.3. The van der Waals surface area contributed by atoms with Crippen LogP contribution in [0.3, 0.4) is 0 Å². The van der Waals surface area contributed by atoms with Crippen molar-refractivity contribution in [3.05, 3.63) is 64.2 Å². The lowest BCUT2D eigenvalue weighted by Crippen LogP contribution is -2.39. The largest absolute Gasteiger partial charge is 0.387 e. The normalized spacial score (nSPS) is 22.3. The molecule has 0 saturated carbocycles. The van der Waals surface area contributed by atoms with Gasteiger partial charge in [-0.1, -0.05) is 55.8 Å². The first-order valence-corrected chi connectivity index (χ1v) is 11.3. The first-order chi connectivity index (χ1) is 14.3. The molecule has 0 bridgehead atoms. The van der Waals surface area contributed by atoms with Crippen molar-refractivity contribution in [1.82, 2.24) is 4.90 Å². The lowest BCUT2D eigenvalue weighted by molar-refractivity contribution is -0.117. The first kappa shape index (κ1) is 21.4. The second-order valence-corrected chi connectivity index (χ2v) is 9.91. The number of hydrogen-bond donors (Lipinski definition) is 2. The SMILES string of the molecule is CC1(C)CC(=O)Nc2cc(Cl)c(C(O)CN3CCC[C@@H](Cc4ccccc4)C3)cc21. The van der Waals surface area contributed by atoms with Gasteiger partial charge >= 0.3 is 0 Å². The summed E-state index contributed by atoms with van der Waals surface area (Å²) >= 11 is 6.52. The maximum atomic E-state index is 12.0. The van der Waals surface area contributed by atoms with Gasteiger partial charge in [0.25, 0.3) is 0 Å². The number of carbonyl (C=O) groups is 1. The molecule has 0 spiro atoms. The van der Waals surface area contributed by atoms with Crippen LogP contribution in [0.15, 0.2) is 42.5 Å². The highest BCUT2D eigenvalue weighted by atomic mass is 35.5. The van der Waals surface area contributed by atoms with Crippen molar-refractivity contribution in [2.24, 2.45) is 5.92 Å². The molecule has 30 heavy (non-hydrogen) atoms. The van der Waals surface area contributed by atoms with Gasteiger partial charge < -0.3 is 15.3 Å².